The van der Waals surface area contributed by atoms with Crippen LogP contribution in [0.1, 0.15) is 13.3 Å². The zero-order valence-electron chi connectivity index (χ0n) is 7.84. The van der Waals surface area contributed by atoms with Crippen molar-refractivity contribution in [1.29, 1.82) is 0 Å². The van der Waals surface area contributed by atoms with Gasteiger partial charge < -0.3 is 5.32 Å². The fourth-order valence-corrected chi connectivity index (χ4v) is 3.32. The van der Waals surface area contributed by atoms with E-state index >= 15 is 0 Å². The average molecular weight is 201 g/mol. The summed E-state index contributed by atoms with van der Waals surface area (Å²) >= 11 is 0. The van der Waals surface area contributed by atoms with Gasteiger partial charge in [-0.15, -0.1) is 5.92 Å². The van der Waals surface area contributed by atoms with Crippen LogP contribution < -0.4 is 5.32 Å². The Kier molecular flexibility index (Phi) is 3.76. The van der Waals surface area contributed by atoms with Crippen LogP contribution in [0.3, 0.4) is 0 Å². The first-order valence-electron chi connectivity index (χ1n) is 4.45. The predicted octanol–water partition coefficient (Wildman–Crippen LogP) is 0.0340. The van der Waals surface area contributed by atoms with Crippen LogP contribution in [-0.4, -0.2) is 33.0 Å². The maximum Gasteiger partial charge on any atom is 0.150 e. The van der Waals surface area contributed by atoms with E-state index in [2.05, 4.69) is 17.2 Å². The second-order valence-electron chi connectivity index (χ2n) is 3.33. The van der Waals surface area contributed by atoms with Gasteiger partial charge in [0.1, 0.15) is 0 Å². The molecule has 1 N–H and O–H groups in total. The predicted molar refractivity (Wildman–Crippen MR) is 53.1 cm³/mol. The van der Waals surface area contributed by atoms with Gasteiger partial charge in [0.25, 0.3) is 0 Å². The van der Waals surface area contributed by atoms with Gasteiger partial charge in [-0.25, -0.2) is 8.42 Å². The van der Waals surface area contributed by atoms with Gasteiger partial charge in [0.15, 0.2) is 9.84 Å². The van der Waals surface area contributed by atoms with Crippen molar-refractivity contribution in [2.45, 2.75) is 13.3 Å². The van der Waals surface area contributed by atoms with Gasteiger partial charge >= 0.3 is 0 Å². The smallest absolute Gasteiger partial charge is 0.150 e. The quantitative estimate of drug-likeness (QED) is 0.518. The Morgan fingerprint density at radius 2 is 2.31 bits per heavy atom. The molecule has 0 amide bonds. The first-order valence-corrected chi connectivity index (χ1v) is 6.27. The fourth-order valence-electron chi connectivity index (χ4n) is 1.46. The van der Waals surface area contributed by atoms with E-state index in [1.54, 1.807) is 6.92 Å². The molecule has 0 saturated carbocycles. The molecular formula is C9H15NO2S. The van der Waals surface area contributed by atoms with E-state index in [-0.39, 0.29) is 0 Å². The minimum Gasteiger partial charge on any atom is -0.306 e. The van der Waals surface area contributed by atoms with Crippen molar-refractivity contribution in [3.05, 3.63) is 0 Å². The molecule has 1 fully saturated rings. The molecule has 1 rings (SSSR count). The number of rotatable bonds is 3. The minimum absolute atomic E-state index is 0.295. The molecule has 1 saturated heterocycles. The fraction of sp³-hybridized carbons (Fsp3) is 0.778. The van der Waals surface area contributed by atoms with Gasteiger partial charge in [0.05, 0.1) is 18.1 Å². The van der Waals surface area contributed by atoms with Crippen LogP contribution in [0.25, 0.3) is 0 Å². The van der Waals surface area contributed by atoms with Gasteiger partial charge in [0.2, 0.25) is 0 Å². The van der Waals surface area contributed by atoms with Crippen LogP contribution in [0.5, 0.6) is 0 Å². The van der Waals surface area contributed by atoms with E-state index in [1.165, 1.54) is 0 Å². The maximum atomic E-state index is 11.1. The van der Waals surface area contributed by atoms with Crippen molar-refractivity contribution in [1.82, 2.24) is 5.32 Å². The largest absolute Gasteiger partial charge is 0.306 e. The molecule has 0 bridgehead atoms. The summed E-state index contributed by atoms with van der Waals surface area (Å²) in [5, 5.41) is 3.13. The standard InChI is InChI=1S/C9H15NO2S/c1-2-3-5-10-7-9-4-6-13(11,12)8-9/h9-10H,4-8H2,1H3. The first-order chi connectivity index (χ1) is 6.14. The average Bonchev–Trinajstić information content (AvgIpc) is 2.40. The molecular weight excluding hydrogens is 186 g/mol. The molecule has 1 atom stereocenters. The molecule has 0 aromatic rings. The van der Waals surface area contributed by atoms with Crippen LogP contribution in [0.15, 0.2) is 0 Å². The summed E-state index contributed by atoms with van der Waals surface area (Å²) < 4.78 is 22.1. The molecule has 3 nitrogen and oxygen atoms in total. The van der Waals surface area contributed by atoms with Crippen LogP contribution >= 0.6 is 0 Å². The number of nitrogens with one attached hydrogen (secondary N) is 1. The van der Waals surface area contributed by atoms with E-state index in [1.807, 2.05) is 0 Å². The molecule has 13 heavy (non-hydrogen) atoms. The van der Waals surface area contributed by atoms with Gasteiger partial charge in [0, 0.05) is 0 Å². The Morgan fingerprint density at radius 1 is 1.54 bits per heavy atom. The Bertz CT molecular complexity index is 310. The molecule has 1 heterocycles. The van der Waals surface area contributed by atoms with E-state index in [0.29, 0.717) is 24.0 Å². The zero-order valence-corrected chi connectivity index (χ0v) is 8.65. The highest BCUT2D eigenvalue weighted by Gasteiger charge is 2.26. The molecule has 1 unspecified atom stereocenters. The van der Waals surface area contributed by atoms with Crippen LogP contribution in [-0.2, 0) is 9.84 Å². The highest BCUT2D eigenvalue weighted by molar-refractivity contribution is 7.91. The Hall–Kier alpha value is -0.530. The topological polar surface area (TPSA) is 46.2 Å². The summed E-state index contributed by atoms with van der Waals surface area (Å²) in [7, 11) is -2.71. The summed E-state index contributed by atoms with van der Waals surface area (Å²) in [6, 6.07) is 0. The maximum absolute atomic E-state index is 11.1. The number of hydrogen-bond donors (Lipinski definition) is 1. The summed E-state index contributed by atoms with van der Waals surface area (Å²) in [6.07, 6.45) is 0.800. The van der Waals surface area contributed by atoms with E-state index < -0.39 is 9.84 Å². The Morgan fingerprint density at radius 3 is 2.85 bits per heavy atom. The van der Waals surface area contributed by atoms with Crippen molar-refractivity contribution < 1.29 is 8.42 Å². The molecule has 4 heteroatoms. The third-order valence-electron chi connectivity index (χ3n) is 2.15. The lowest BCUT2D eigenvalue weighted by Gasteiger charge is -2.05. The number of hydrogen-bond acceptors (Lipinski definition) is 3. The molecule has 0 aromatic carbocycles. The molecule has 0 aromatic heterocycles. The van der Waals surface area contributed by atoms with Crippen molar-refractivity contribution >= 4 is 9.84 Å². The zero-order chi connectivity index (χ0) is 9.73. The second kappa shape index (κ2) is 4.64. The molecule has 0 spiro atoms. The molecule has 1 aliphatic rings. The monoisotopic (exact) mass is 201 g/mol. The van der Waals surface area contributed by atoms with Gasteiger partial charge in [-0.05, 0) is 25.8 Å². The van der Waals surface area contributed by atoms with Crippen LogP contribution in [0, 0.1) is 17.8 Å². The first kappa shape index (κ1) is 10.6. The Labute approximate surface area is 79.8 Å². The van der Waals surface area contributed by atoms with E-state index in [0.717, 1.165) is 13.0 Å². The normalized spacial score (nSPS) is 25.2. The van der Waals surface area contributed by atoms with Crippen LogP contribution in [0.2, 0.25) is 0 Å². The number of sulfone groups is 1. The summed E-state index contributed by atoms with van der Waals surface area (Å²) in [5.74, 6) is 6.66. The summed E-state index contributed by atoms with van der Waals surface area (Å²) in [4.78, 5) is 0. The van der Waals surface area contributed by atoms with Crippen molar-refractivity contribution in [3.8, 4) is 11.8 Å². The SMILES string of the molecule is CC#CCNCC1CCS(=O)(=O)C1. The summed E-state index contributed by atoms with van der Waals surface area (Å²) in [5.41, 5.74) is 0. The third kappa shape index (κ3) is 3.79. The van der Waals surface area contributed by atoms with Gasteiger partial charge in [-0.2, -0.15) is 0 Å². The Balaban J connectivity index is 2.20. The molecule has 0 aliphatic carbocycles. The minimum atomic E-state index is -2.71. The van der Waals surface area contributed by atoms with Crippen molar-refractivity contribution in [3.63, 3.8) is 0 Å². The van der Waals surface area contributed by atoms with Gasteiger partial charge in [-0.1, -0.05) is 5.92 Å². The van der Waals surface area contributed by atoms with Crippen molar-refractivity contribution in [2.75, 3.05) is 24.6 Å². The lowest BCUT2D eigenvalue weighted by atomic mass is 10.1. The molecule has 0 radical (unpaired) electrons. The van der Waals surface area contributed by atoms with Crippen LogP contribution in [0.4, 0.5) is 0 Å². The highest BCUT2D eigenvalue weighted by Crippen LogP contribution is 2.16. The lowest BCUT2D eigenvalue weighted by Crippen LogP contribution is -2.23. The van der Waals surface area contributed by atoms with Gasteiger partial charge in [-0.3, -0.25) is 0 Å². The highest BCUT2D eigenvalue weighted by atomic mass is 32.2. The summed E-state index contributed by atoms with van der Waals surface area (Å²) in [6.45, 7) is 3.22. The van der Waals surface area contributed by atoms with Crippen molar-refractivity contribution in [2.24, 2.45) is 5.92 Å². The van der Waals surface area contributed by atoms with E-state index in [4.69, 9.17) is 0 Å². The second-order valence-corrected chi connectivity index (χ2v) is 5.56. The third-order valence-corrected chi connectivity index (χ3v) is 3.99. The lowest BCUT2D eigenvalue weighted by molar-refractivity contribution is 0.541. The molecule has 1 aliphatic heterocycles. The molecule has 74 valence electrons. The van der Waals surface area contributed by atoms with E-state index in [9.17, 15) is 8.42 Å².